The van der Waals surface area contributed by atoms with E-state index in [0.717, 1.165) is 35.1 Å². The molecule has 39 heavy (non-hydrogen) atoms. The minimum atomic E-state index is -0.624. The first-order valence-electron chi connectivity index (χ1n) is 13.4. The Morgan fingerprint density at radius 2 is 1.97 bits per heavy atom. The van der Waals surface area contributed by atoms with Gasteiger partial charge in [0.2, 0.25) is 0 Å². The minimum absolute atomic E-state index is 0.000884. The van der Waals surface area contributed by atoms with Crippen LogP contribution >= 0.6 is 0 Å². The SMILES string of the molecule is Nc1nc2cc(F)c(C(=O)N3CCCC4OCc5cc(-c6cnn(C7CC7)c6)ccc5C43)cc2n2cncc12. The summed E-state index contributed by atoms with van der Waals surface area (Å²) in [6.45, 7) is 1.01. The number of piperidine rings is 1. The number of halogens is 1. The van der Waals surface area contributed by atoms with Crippen LogP contribution in [-0.2, 0) is 11.3 Å². The molecule has 3 aliphatic rings. The third-order valence-corrected chi connectivity index (χ3v) is 8.30. The van der Waals surface area contributed by atoms with Gasteiger partial charge in [-0.1, -0.05) is 12.1 Å². The lowest BCUT2D eigenvalue weighted by Crippen LogP contribution is -2.48. The van der Waals surface area contributed by atoms with Crippen LogP contribution in [0.25, 0.3) is 27.7 Å². The van der Waals surface area contributed by atoms with Crippen LogP contribution in [0.5, 0.6) is 0 Å². The third kappa shape index (κ3) is 3.55. The van der Waals surface area contributed by atoms with E-state index in [2.05, 4.69) is 39.5 Å². The molecule has 1 saturated carbocycles. The van der Waals surface area contributed by atoms with E-state index in [0.29, 0.717) is 35.7 Å². The molecule has 0 radical (unpaired) electrons. The number of aromatic nitrogens is 5. The average Bonchev–Trinajstić information content (AvgIpc) is 3.46. The number of hydrogen-bond donors (Lipinski definition) is 1. The molecule has 196 valence electrons. The number of carbonyl (C=O) groups is 1. The van der Waals surface area contributed by atoms with E-state index in [1.807, 2.05) is 10.9 Å². The van der Waals surface area contributed by atoms with E-state index >= 15 is 4.39 Å². The minimum Gasteiger partial charge on any atom is -0.382 e. The van der Waals surface area contributed by atoms with Gasteiger partial charge in [0.1, 0.15) is 17.2 Å². The van der Waals surface area contributed by atoms with Crippen LogP contribution in [0, 0.1) is 5.82 Å². The van der Waals surface area contributed by atoms with Gasteiger partial charge >= 0.3 is 0 Å². The molecule has 2 aromatic carbocycles. The molecule has 9 nitrogen and oxygen atoms in total. The highest BCUT2D eigenvalue weighted by Crippen LogP contribution is 2.42. The maximum absolute atomic E-state index is 15.4. The number of anilines is 1. The van der Waals surface area contributed by atoms with Crippen molar-refractivity contribution in [2.45, 2.75) is 50.5 Å². The Bertz CT molecular complexity index is 1790. The van der Waals surface area contributed by atoms with Gasteiger partial charge in [-0.2, -0.15) is 5.10 Å². The van der Waals surface area contributed by atoms with E-state index in [4.69, 9.17) is 10.5 Å². The van der Waals surface area contributed by atoms with Gasteiger partial charge in [0, 0.05) is 24.4 Å². The summed E-state index contributed by atoms with van der Waals surface area (Å²) in [6.07, 6.45) is 11.1. The van der Waals surface area contributed by atoms with Crippen molar-refractivity contribution in [2.75, 3.05) is 12.3 Å². The van der Waals surface area contributed by atoms with Crippen LogP contribution in [0.4, 0.5) is 10.2 Å². The summed E-state index contributed by atoms with van der Waals surface area (Å²) in [4.78, 5) is 24.2. The summed E-state index contributed by atoms with van der Waals surface area (Å²) in [7, 11) is 0. The molecule has 2 N–H and O–H groups in total. The predicted molar refractivity (Wildman–Crippen MR) is 142 cm³/mol. The first-order valence-corrected chi connectivity index (χ1v) is 13.4. The number of imidazole rings is 1. The van der Waals surface area contributed by atoms with Crippen LogP contribution in [-0.4, -0.2) is 47.6 Å². The zero-order valence-corrected chi connectivity index (χ0v) is 21.1. The van der Waals surface area contributed by atoms with Gasteiger partial charge in [-0.05, 0) is 54.5 Å². The van der Waals surface area contributed by atoms with Gasteiger partial charge in [0.15, 0.2) is 0 Å². The summed E-state index contributed by atoms with van der Waals surface area (Å²) in [6, 6.07) is 9.40. The Balaban J connectivity index is 1.17. The first kappa shape index (κ1) is 22.7. The lowest BCUT2D eigenvalue weighted by molar-refractivity contribution is -0.0571. The van der Waals surface area contributed by atoms with Crippen LogP contribution in [0.3, 0.4) is 0 Å². The molecule has 10 heteroatoms. The highest BCUT2D eigenvalue weighted by atomic mass is 19.1. The van der Waals surface area contributed by atoms with Crippen molar-refractivity contribution in [1.29, 1.82) is 0 Å². The molecule has 2 aliphatic heterocycles. The van der Waals surface area contributed by atoms with Gasteiger partial charge in [0.05, 0.1) is 60.1 Å². The van der Waals surface area contributed by atoms with E-state index in [1.54, 1.807) is 27.9 Å². The number of likely N-dealkylation sites (tertiary alicyclic amines) is 1. The average molecular weight is 524 g/mol. The van der Waals surface area contributed by atoms with Crippen LogP contribution in [0.1, 0.15) is 59.3 Å². The Morgan fingerprint density at radius 1 is 1.08 bits per heavy atom. The Morgan fingerprint density at radius 3 is 2.85 bits per heavy atom. The Kier molecular flexibility index (Phi) is 4.85. The van der Waals surface area contributed by atoms with Crippen molar-refractivity contribution in [3.63, 3.8) is 0 Å². The lowest BCUT2D eigenvalue weighted by Gasteiger charge is -2.44. The number of nitrogens with two attached hydrogens (primary N) is 1. The number of fused-ring (bicyclic) bond motifs is 6. The molecule has 2 fully saturated rings. The topological polar surface area (TPSA) is 104 Å². The zero-order chi connectivity index (χ0) is 26.2. The Hall–Kier alpha value is -4.31. The second-order valence-electron chi connectivity index (χ2n) is 10.8. The molecule has 2 atom stereocenters. The molecule has 0 spiro atoms. The molecule has 1 aliphatic carbocycles. The third-order valence-electron chi connectivity index (χ3n) is 8.30. The maximum Gasteiger partial charge on any atom is 0.257 e. The van der Waals surface area contributed by atoms with Crippen molar-refractivity contribution in [3.05, 3.63) is 77.8 Å². The van der Waals surface area contributed by atoms with Crippen LogP contribution in [0.15, 0.2) is 55.2 Å². The second-order valence-corrected chi connectivity index (χ2v) is 10.8. The van der Waals surface area contributed by atoms with Crippen molar-refractivity contribution in [1.82, 2.24) is 29.0 Å². The van der Waals surface area contributed by atoms with Crippen molar-refractivity contribution < 1.29 is 13.9 Å². The van der Waals surface area contributed by atoms with Gasteiger partial charge in [-0.3, -0.25) is 13.9 Å². The largest absolute Gasteiger partial charge is 0.382 e. The summed E-state index contributed by atoms with van der Waals surface area (Å²) in [5.41, 5.74) is 11.8. The number of rotatable bonds is 3. The van der Waals surface area contributed by atoms with E-state index in [9.17, 15) is 4.79 Å². The van der Waals surface area contributed by atoms with Gasteiger partial charge < -0.3 is 15.4 Å². The zero-order valence-electron chi connectivity index (χ0n) is 21.1. The van der Waals surface area contributed by atoms with E-state index in [-0.39, 0.29) is 29.4 Å². The number of carbonyl (C=O) groups excluding carboxylic acids is 1. The molecular formula is C29H26FN7O2. The summed E-state index contributed by atoms with van der Waals surface area (Å²) in [5.74, 6) is -0.728. The number of amides is 1. The number of ether oxygens (including phenoxy) is 1. The highest BCUT2D eigenvalue weighted by molar-refractivity contribution is 5.99. The first-order chi connectivity index (χ1) is 19.0. The summed E-state index contributed by atoms with van der Waals surface area (Å²) >= 11 is 0. The molecule has 0 bridgehead atoms. The number of nitrogen functional groups attached to an aromatic ring is 1. The van der Waals surface area contributed by atoms with Crippen molar-refractivity contribution in [2.24, 2.45) is 0 Å². The van der Waals surface area contributed by atoms with Crippen LogP contribution in [0.2, 0.25) is 0 Å². The molecule has 8 rings (SSSR count). The predicted octanol–water partition coefficient (Wildman–Crippen LogP) is 4.68. The smallest absolute Gasteiger partial charge is 0.257 e. The lowest BCUT2D eigenvalue weighted by atomic mass is 9.85. The molecule has 5 heterocycles. The Labute approximate surface area is 223 Å². The fourth-order valence-corrected chi connectivity index (χ4v) is 6.17. The van der Waals surface area contributed by atoms with Crippen LogP contribution < -0.4 is 5.73 Å². The normalized spacial score (nSPS) is 20.8. The molecule has 1 saturated heterocycles. The van der Waals surface area contributed by atoms with E-state index < -0.39 is 5.82 Å². The van der Waals surface area contributed by atoms with E-state index in [1.165, 1.54) is 18.9 Å². The molecular weight excluding hydrogens is 497 g/mol. The fraction of sp³-hybridized carbons (Fsp3) is 0.310. The highest BCUT2D eigenvalue weighted by Gasteiger charge is 2.41. The van der Waals surface area contributed by atoms with Gasteiger partial charge in [-0.25, -0.2) is 14.4 Å². The molecule has 5 aromatic rings. The monoisotopic (exact) mass is 523 g/mol. The summed E-state index contributed by atoms with van der Waals surface area (Å²) in [5, 5.41) is 4.53. The summed E-state index contributed by atoms with van der Waals surface area (Å²) < 4.78 is 25.5. The van der Waals surface area contributed by atoms with Crippen molar-refractivity contribution >= 4 is 28.3 Å². The maximum atomic E-state index is 15.4. The quantitative estimate of drug-likeness (QED) is 0.368. The number of nitrogens with zero attached hydrogens (tertiary/aromatic N) is 6. The van der Waals surface area contributed by atoms with Crippen molar-refractivity contribution in [3.8, 4) is 11.1 Å². The second kappa shape index (κ2) is 8.34. The fourth-order valence-electron chi connectivity index (χ4n) is 6.17. The standard InChI is InChI=1S/C29H26FN7O2/c30-22-10-23-24(36-15-32-12-25(36)28(31)34-23)9-21(22)29(38)35-7-1-2-26-27(35)20-6-3-16(8-17(20)14-39-26)18-11-33-37(13-18)19-4-5-19/h3,6,8-13,15,19,26-27H,1-2,4-5,7,14H2,(H2,31,34). The molecule has 2 unspecified atom stereocenters. The number of hydrogen-bond acceptors (Lipinski definition) is 6. The number of benzene rings is 2. The van der Waals surface area contributed by atoms with Gasteiger partial charge in [-0.15, -0.1) is 0 Å². The molecule has 3 aromatic heterocycles. The molecule has 1 amide bonds. The van der Waals surface area contributed by atoms with Gasteiger partial charge in [0.25, 0.3) is 5.91 Å².